The van der Waals surface area contributed by atoms with Crippen molar-refractivity contribution in [2.75, 3.05) is 33.5 Å². The highest BCUT2D eigenvalue weighted by Gasteiger charge is 2.18. The third kappa shape index (κ3) is 6.07. The zero-order valence-electron chi connectivity index (χ0n) is 16.8. The van der Waals surface area contributed by atoms with Crippen LogP contribution in [-0.2, 0) is 14.6 Å². The molecule has 6 nitrogen and oxygen atoms in total. The summed E-state index contributed by atoms with van der Waals surface area (Å²) in [6.07, 6.45) is -0.0705. The van der Waals surface area contributed by atoms with Crippen LogP contribution in [0, 0.1) is 6.92 Å². The highest BCUT2D eigenvalue weighted by atomic mass is 32.2. The smallest absolute Gasteiger partial charge is 0.221 e. The average Bonchev–Trinajstić information content (AvgIpc) is 2.67. The largest absolute Gasteiger partial charge is 0.497 e. The number of sulfone groups is 1. The summed E-state index contributed by atoms with van der Waals surface area (Å²) < 4.78 is 29.9. The fourth-order valence-electron chi connectivity index (χ4n) is 2.81. The van der Waals surface area contributed by atoms with E-state index >= 15 is 0 Å². The number of ether oxygens (including phenoxy) is 1. The number of carbonyl (C=O) groups excluding carboxylic acids is 1. The van der Waals surface area contributed by atoms with Crippen LogP contribution in [0.25, 0.3) is 0 Å². The van der Waals surface area contributed by atoms with Crippen LogP contribution in [0.15, 0.2) is 53.4 Å². The van der Waals surface area contributed by atoms with Crippen molar-refractivity contribution in [2.24, 2.45) is 0 Å². The zero-order chi connectivity index (χ0) is 20.7. The molecular weight excluding hydrogens is 376 g/mol. The lowest BCUT2D eigenvalue weighted by Gasteiger charge is -2.25. The zero-order valence-corrected chi connectivity index (χ0v) is 17.6. The Morgan fingerprint density at radius 3 is 2.21 bits per heavy atom. The average molecular weight is 405 g/mol. The summed E-state index contributed by atoms with van der Waals surface area (Å²) in [5, 5.41) is 2.85. The molecular formula is C21H28N2O4S. The van der Waals surface area contributed by atoms with Gasteiger partial charge in [-0.25, -0.2) is 8.42 Å². The van der Waals surface area contributed by atoms with Gasteiger partial charge in [-0.15, -0.1) is 0 Å². The quantitative estimate of drug-likeness (QED) is 0.695. The van der Waals surface area contributed by atoms with E-state index in [0.29, 0.717) is 6.54 Å². The highest BCUT2D eigenvalue weighted by Crippen LogP contribution is 2.21. The van der Waals surface area contributed by atoms with Crippen LogP contribution in [0.5, 0.6) is 5.75 Å². The van der Waals surface area contributed by atoms with E-state index in [-0.39, 0.29) is 29.0 Å². The molecule has 0 saturated heterocycles. The van der Waals surface area contributed by atoms with E-state index < -0.39 is 9.84 Å². The maximum absolute atomic E-state index is 12.4. The molecule has 0 unspecified atom stereocenters. The molecule has 0 heterocycles. The van der Waals surface area contributed by atoms with Crippen molar-refractivity contribution in [1.29, 1.82) is 0 Å². The maximum Gasteiger partial charge on any atom is 0.221 e. The topological polar surface area (TPSA) is 75.7 Å². The number of aryl methyl sites for hydroxylation is 1. The summed E-state index contributed by atoms with van der Waals surface area (Å²) in [6, 6.07) is 14.3. The van der Waals surface area contributed by atoms with Crippen LogP contribution in [0.4, 0.5) is 0 Å². The number of amides is 1. The Hall–Kier alpha value is -2.38. The van der Waals surface area contributed by atoms with E-state index in [1.54, 1.807) is 31.4 Å². The molecule has 0 aliphatic heterocycles. The molecule has 0 radical (unpaired) electrons. The molecule has 2 aromatic carbocycles. The van der Waals surface area contributed by atoms with E-state index in [1.165, 1.54) is 0 Å². The Kier molecular flexibility index (Phi) is 7.60. The van der Waals surface area contributed by atoms with Crippen LogP contribution in [0.3, 0.4) is 0 Å². The summed E-state index contributed by atoms with van der Waals surface area (Å²) >= 11 is 0. The first kappa shape index (κ1) is 21.9. The fourth-order valence-corrected chi connectivity index (χ4v) is 4.05. The molecule has 0 fully saturated rings. The van der Waals surface area contributed by atoms with Gasteiger partial charge in [-0.05, 0) is 50.8 Å². The van der Waals surface area contributed by atoms with Gasteiger partial charge in [-0.3, -0.25) is 4.79 Å². The van der Waals surface area contributed by atoms with E-state index in [9.17, 15) is 13.2 Å². The van der Waals surface area contributed by atoms with Gasteiger partial charge in [0.1, 0.15) is 5.75 Å². The number of carbonyl (C=O) groups is 1. The lowest BCUT2D eigenvalue weighted by Crippen LogP contribution is -2.35. The summed E-state index contributed by atoms with van der Waals surface area (Å²) in [5.41, 5.74) is 2.03. The number of methoxy groups -OCH3 is 1. The van der Waals surface area contributed by atoms with Crippen LogP contribution in [-0.4, -0.2) is 52.7 Å². The van der Waals surface area contributed by atoms with E-state index in [4.69, 9.17) is 4.74 Å². The Morgan fingerprint density at radius 2 is 1.68 bits per heavy atom. The molecule has 0 spiro atoms. The molecule has 1 atom stereocenters. The molecule has 0 bridgehead atoms. The van der Waals surface area contributed by atoms with Gasteiger partial charge >= 0.3 is 0 Å². The molecule has 28 heavy (non-hydrogen) atoms. The minimum atomic E-state index is -3.47. The molecule has 1 amide bonds. The number of benzene rings is 2. The first-order chi connectivity index (χ1) is 13.2. The van der Waals surface area contributed by atoms with Gasteiger partial charge in [0.05, 0.1) is 23.8 Å². The Labute approximate surface area is 167 Å². The van der Waals surface area contributed by atoms with Crippen molar-refractivity contribution in [3.63, 3.8) is 0 Å². The molecule has 0 aliphatic carbocycles. The number of rotatable bonds is 9. The molecule has 2 aromatic rings. The maximum atomic E-state index is 12.4. The minimum Gasteiger partial charge on any atom is -0.497 e. The first-order valence-corrected chi connectivity index (χ1v) is 10.7. The van der Waals surface area contributed by atoms with Gasteiger partial charge in [-0.2, -0.15) is 0 Å². The highest BCUT2D eigenvalue weighted by molar-refractivity contribution is 7.91. The lowest BCUT2D eigenvalue weighted by atomic mass is 10.1. The Bertz CT molecular complexity index is 876. The van der Waals surface area contributed by atoms with Gasteiger partial charge in [0.25, 0.3) is 0 Å². The van der Waals surface area contributed by atoms with E-state index in [1.807, 2.05) is 50.2 Å². The second-order valence-electron chi connectivity index (χ2n) is 6.94. The molecule has 0 aliphatic rings. The Balaban J connectivity index is 1.92. The van der Waals surface area contributed by atoms with Crippen molar-refractivity contribution >= 4 is 15.7 Å². The Morgan fingerprint density at radius 1 is 1.07 bits per heavy atom. The van der Waals surface area contributed by atoms with Crippen LogP contribution >= 0.6 is 0 Å². The third-order valence-electron chi connectivity index (χ3n) is 4.59. The standard InChI is InChI=1S/C21H28N2O4S/c1-16-5-11-19(12-6-16)28(25,26)14-13-21(24)22-15-20(23(2)3)17-7-9-18(27-4)10-8-17/h5-12,20H,13-15H2,1-4H3,(H,22,24)/t20-/m0/s1. The monoisotopic (exact) mass is 404 g/mol. The van der Waals surface area contributed by atoms with E-state index in [0.717, 1.165) is 16.9 Å². The summed E-state index contributed by atoms with van der Waals surface area (Å²) in [4.78, 5) is 14.5. The fraction of sp³-hybridized carbons (Fsp3) is 0.381. The van der Waals surface area contributed by atoms with Crippen molar-refractivity contribution in [2.45, 2.75) is 24.3 Å². The summed E-state index contributed by atoms with van der Waals surface area (Å²) in [6.45, 7) is 2.29. The first-order valence-electron chi connectivity index (χ1n) is 9.09. The van der Waals surface area contributed by atoms with Gasteiger partial charge in [0, 0.05) is 13.0 Å². The van der Waals surface area contributed by atoms with E-state index in [2.05, 4.69) is 5.32 Å². The lowest BCUT2D eigenvalue weighted by molar-refractivity contribution is -0.120. The SMILES string of the molecule is COc1ccc([C@H](CNC(=O)CCS(=O)(=O)c2ccc(C)cc2)N(C)C)cc1. The summed E-state index contributed by atoms with van der Waals surface area (Å²) in [5.74, 6) is 0.277. The molecule has 2 rings (SSSR count). The predicted octanol–water partition coefficient (Wildman–Crippen LogP) is 2.59. The van der Waals surface area contributed by atoms with Gasteiger partial charge in [0.2, 0.25) is 5.91 Å². The normalized spacial score (nSPS) is 12.6. The number of likely N-dealkylation sites (N-methyl/N-ethyl adjacent to an activating group) is 1. The molecule has 1 N–H and O–H groups in total. The molecule has 7 heteroatoms. The van der Waals surface area contributed by atoms with Gasteiger partial charge < -0.3 is 15.0 Å². The van der Waals surface area contributed by atoms with Crippen molar-refractivity contribution < 1.29 is 17.9 Å². The van der Waals surface area contributed by atoms with Crippen LogP contribution in [0.2, 0.25) is 0 Å². The number of hydrogen-bond acceptors (Lipinski definition) is 5. The second-order valence-corrected chi connectivity index (χ2v) is 9.05. The number of hydrogen-bond donors (Lipinski definition) is 1. The van der Waals surface area contributed by atoms with Crippen LogP contribution < -0.4 is 10.1 Å². The van der Waals surface area contributed by atoms with Crippen LogP contribution in [0.1, 0.15) is 23.6 Å². The van der Waals surface area contributed by atoms with Gasteiger partial charge in [-0.1, -0.05) is 29.8 Å². The van der Waals surface area contributed by atoms with Gasteiger partial charge in [0.15, 0.2) is 9.84 Å². The molecule has 0 saturated carbocycles. The second kappa shape index (κ2) is 9.71. The summed E-state index contributed by atoms with van der Waals surface area (Å²) in [7, 11) is 2.01. The minimum absolute atomic E-state index is 0.0245. The predicted molar refractivity (Wildman–Crippen MR) is 110 cm³/mol. The van der Waals surface area contributed by atoms with Crippen molar-refractivity contribution in [1.82, 2.24) is 10.2 Å². The third-order valence-corrected chi connectivity index (χ3v) is 6.33. The van der Waals surface area contributed by atoms with Crippen molar-refractivity contribution in [3.05, 3.63) is 59.7 Å². The van der Waals surface area contributed by atoms with Crippen molar-refractivity contribution in [3.8, 4) is 5.75 Å². The number of nitrogens with one attached hydrogen (secondary N) is 1. The molecule has 152 valence electrons. The molecule has 0 aromatic heterocycles. The number of nitrogens with zero attached hydrogens (tertiary/aromatic N) is 1.